The Morgan fingerprint density at radius 2 is 1.88 bits per heavy atom. The van der Waals surface area contributed by atoms with Crippen LogP contribution in [-0.4, -0.2) is 19.1 Å². The fourth-order valence-corrected chi connectivity index (χ4v) is 2.81. The summed E-state index contributed by atoms with van der Waals surface area (Å²) in [4.78, 5) is 12.4. The van der Waals surface area contributed by atoms with Gasteiger partial charge in [0.25, 0.3) is 5.91 Å². The van der Waals surface area contributed by atoms with Gasteiger partial charge in [-0.15, -0.1) is 0 Å². The first-order valence-electron chi connectivity index (χ1n) is 9.12. The van der Waals surface area contributed by atoms with E-state index in [0.29, 0.717) is 17.9 Å². The van der Waals surface area contributed by atoms with Crippen molar-refractivity contribution in [3.8, 4) is 11.5 Å². The Kier molecular flexibility index (Phi) is 7.07. The Labute approximate surface area is 156 Å². The molecule has 0 aliphatic heterocycles. The van der Waals surface area contributed by atoms with E-state index in [1.807, 2.05) is 37.3 Å². The number of methoxy groups -OCH3 is 1. The maximum absolute atomic E-state index is 12.4. The smallest absolute Gasteiger partial charge is 0.251 e. The van der Waals surface area contributed by atoms with Crippen molar-refractivity contribution in [2.24, 2.45) is 0 Å². The van der Waals surface area contributed by atoms with Crippen LogP contribution in [0, 0.1) is 13.8 Å². The maximum Gasteiger partial charge on any atom is 0.251 e. The number of nitrogens with one attached hydrogen (secondary N) is 1. The van der Waals surface area contributed by atoms with E-state index in [1.54, 1.807) is 13.2 Å². The topological polar surface area (TPSA) is 47.6 Å². The Morgan fingerprint density at radius 3 is 2.54 bits per heavy atom. The second-order valence-corrected chi connectivity index (χ2v) is 6.72. The highest BCUT2D eigenvalue weighted by atomic mass is 16.5. The summed E-state index contributed by atoms with van der Waals surface area (Å²) in [6.07, 6.45) is 2.00. The first-order valence-corrected chi connectivity index (χ1v) is 9.12. The predicted octanol–water partition coefficient (Wildman–Crippen LogP) is 4.81. The molecule has 2 aromatic rings. The fraction of sp³-hybridized carbons (Fsp3) is 0.409. The van der Waals surface area contributed by atoms with Crippen molar-refractivity contribution in [1.82, 2.24) is 5.32 Å². The third kappa shape index (κ3) is 5.25. The van der Waals surface area contributed by atoms with E-state index in [1.165, 1.54) is 11.1 Å². The molecule has 1 atom stereocenters. The van der Waals surface area contributed by atoms with Gasteiger partial charge >= 0.3 is 0 Å². The highest BCUT2D eigenvalue weighted by Crippen LogP contribution is 2.23. The number of aryl methyl sites for hydroxylation is 2. The summed E-state index contributed by atoms with van der Waals surface area (Å²) in [7, 11) is 1.62. The van der Waals surface area contributed by atoms with Crippen molar-refractivity contribution in [1.29, 1.82) is 0 Å². The van der Waals surface area contributed by atoms with Gasteiger partial charge in [-0.3, -0.25) is 4.79 Å². The van der Waals surface area contributed by atoms with Gasteiger partial charge < -0.3 is 14.8 Å². The molecular weight excluding hydrogens is 326 g/mol. The van der Waals surface area contributed by atoms with Crippen LogP contribution in [0.2, 0.25) is 0 Å². The van der Waals surface area contributed by atoms with E-state index in [-0.39, 0.29) is 11.9 Å². The number of rotatable bonds is 8. The number of benzene rings is 2. The molecule has 0 aliphatic carbocycles. The zero-order valence-corrected chi connectivity index (χ0v) is 16.4. The molecule has 1 unspecified atom stereocenters. The van der Waals surface area contributed by atoms with Crippen LogP contribution in [0.4, 0.5) is 0 Å². The van der Waals surface area contributed by atoms with Gasteiger partial charge in [-0.2, -0.15) is 0 Å². The van der Waals surface area contributed by atoms with Gasteiger partial charge in [0.05, 0.1) is 7.11 Å². The van der Waals surface area contributed by atoms with E-state index < -0.39 is 0 Å². The summed E-state index contributed by atoms with van der Waals surface area (Å²) in [5.41, 5.74) is 3.89. The quantitative estimate of drug-likeness (QED) is 0.739. The Balaban J connectivity index is 2.13. The lowest BCUT2D eigenvalue weighted by Gasteiger charge is -2.15. The first kappa shape index (κ1) is 19.8. The lowest BCUT2D eigenvalue weighted by Crippen LogP contribution is -2.32. The lowest BCUT2D eigenvalue weighted by molar-refractivity contribution is 0.0938. The minimum absolute atomic E-state index is 0.0685. The van der Waals surface area contributed by atoms with Crippen LogP contribution >= 0.6 is 0 Å². The predicted molar refractivity (Wildman–Crippen MR) is 105 cm³/mol. The van der Waals surface area contributed by atoms with Crippen LogP contribution in [0.15, 0.2) is 36.4 Å². The van der Waals surface area contributed by atoms with Crippen molar-refractivity contribution >= 4 is 5.91 Å². The molecule has 0 aromatic heterocycles. The molecule has 0 heterocycles. The molecule has 140 valence electrons. The minimum Gasteiger partial charge on any atom is -0.496 e. The molecule has 4 heteroatoms. The van der Waals surface area contributed by atoms with Crippen LogP contribution in [0.1, 0.15) is 53.7 Å². The van der Waals surface area contributed by atoms with Crippen molar-refractivity contribution in [3.05, 3.63) is 58.7 Å². The van der Waals surface area contributed by atoms with Crippen LogP contribution in [0.25, 0.3) is 0 Å². The zero-order chi connectivity index (χ0) is 19.1. The highest BCUT2D eigenvalue weighted by Gasteiger charge is 2.13. The van der Waals surface area contributed by atoms with Crippen LogP contribution in [-0.2, 0) is 6.61 Å². The Morgan fingerprint density at radius 1 is 1.12 bits per heavy atom. The third-order valence-electron chi connectivity index (χ3n) is 4.51. The van der Waals surface area contributed by atoms with Gasteiger partial charge in [-0.25, -0.2) is 0 Å². The monoisotopic (exact) mass is 355 g/mol. The minimum atomic E-state index is -0.0685. The summed E-state index contributed by atoms with van der Waals surface area (Å²) >= 11 is 0. The zero-order valence-electron chi connectivity index (χ0n) is 16.4. The van der Waals surface area contributed by atoms with E-state index in [2.05, 4.69) is 26.1 Å². The summed E-state index contributed by atoms with van der Waals surface area (Å²) < 4.78 is 11.3. The number of hydrogen-bond donors (Lipinski definition) is 1. The van der Waals surface area contributed by atoms with E-state index in [4.69, 9.17) is 9.47 Å². The molecule has 0 aliphatic rings. The van der Waals surface area contributed by atoms with E-state index in [0.717, 1.165) is 24.2 Å². The number of ether oxygens (including phenoxy) is 2. The molecule has 0 spiro atoms. The van der Waals surface area contributed by atoms with Gasteiger partial charge in [-0.1, -0.05) is 19.4 Å². The molecule has 2 rings (SSSR count). The van der Waals surface area contributed by atoms with Crippen molar-refractivity contribution in [3.63, 3.8) is 0 Å². The number of carbonyl (C=O) groups is 1. The summed E-state index contributed by atoms with van der Waals surface area (Å²) in [6, 6.07) is 11.6. The molecule has 26 heavy (non-hydrogen) atoms. The molecule has 0 fully saturated rings. The van der Waals surface area contributed by atoms with Crippen molar-refractivity contribution in [2.75, 3.05) is 7.11 Å². The van der Waals surface area contributed by atoms with Gasteiger partial charge in [-0.05, 0) is 68.7 Å². The number of carbonyl (C=O) groups excluding carboxylic acids is 1. The van der Waals surface area contributed by atoms with Gasteiger partial charge in [0.2, 0.25) is 0 Å². The Bertz CT molecular complexity index is 755. The van der Waals surface area contributed by atoms with E-state index >= 15 is 0 Å². The normalized spacial score (nSPS) is 11.7. The lowest BCUT2D eigenvalue weighted by atomic mass is 10.1. The SMILES string of the molecule is CCCC(C)NC(=O)c1ccc(OC)c(COc2ccc(C)c(C)c2)c1. The molecule has 4 nitrogen and oxygen atoms in total. The third-order valence-corrected chi connectivity index (χ3v) is 4.51. The molecule has 0 bridgehead atoms. The molecule has 0 saturated heterocycles. The van der Waals surface area contributed by atoms with E-state index in [9.17, 15) is 4.79 Å². The standard InChI is InChI=1S/C22H29NO3/c1-6-7-17(4)23-22(24)18-9-11-21(25-5)19(13-18)14-26-20-10-8-15(2)16(3)12-20/h8-13,17H,6-7,14H2,1-5H3,(H,23,24). The molecule has 1 amide bonds. The Hall–Kier alpha value is -2.49. The van der Waals surface area contributed by atoms with Crippen molar-refractivity contribution in [2.45, 2.75) is 53.2 Å². The summed E-state index contributed by atoms with van der Waals surface area (Å²) in [5.74, 6) is 1.45. The second kappa shape index (κ2) is 9.27. The van der Waals surface area contributed by atoms with Gasteiger partial charge in [0.1, 0.15) is 18.1 Å². The number of hydrogen-bond acceptors (Lipinski definition) is 3. The average Bonchev–Trinajstić information content (AvgIpc) is 2.62. The summed E-state index contributed by atoms with van der Waals surface area (Å²) in [6.45, 7) is 8.61. The van der Waals surface area contributed by atoms with Gasteiger partial charge in [0, 0.05) is 17.2 Å². The summed E-state index contributed by atoms with van der Waals surface area (Å²) in [5, 5.41) is 3.03. The fourth-order valence-electron chi connectivity index (χ4n) is 2.81. The van der Waals surface area contributed by atoms with Crippen LogP contribution in [0.5, 0.6) is 11.5 Å². The van der Waals surface area contributed by atoms with Crippen LogP contribution < -0.4 is 14.8 Å². The van der Waals surface area contributed by atoms with Crippen molar-refractivity contribution < 1.29 is 14.3 Å². The van der Waals surface area contributed by atoms with Gasteiger partial charge in [0.15, 0.2) is 0 Å². The average molecular weight is 355 g/mol. The molecule has 1 N–H and O–H groups in total. The first-order chi connectivity index (χ1) is 12.4. The molecule has 2 aromatic carbocycles. The molecule has 0 radical (unpaired) electrons. The molecular formula is C22H29NO3. The molecule has 0 saturated carbocycles. The largest absolute Gasteiger partial charge is 0.496 e. The second-order valence-electron chi connectivity index (χ2n) is 6.72. The maximum atomic E-state index is 12.4. The van der Waals surface area contributed by atoms with Crippen LogP contribution in [0.3, 0.4) is 0 Å². The highest BCUT2D eigenvalue weighted by molar-refractivity contribution is 5.94. The number of amides is 1.